The van der Waals surface area contributed by atoms with Gasteiger partial charge < -0.3 is 14.3 Å². The molecule has 0 aromatic carbocycles. The molecule has 78 valence electrons. The van der Waals surface area contributed by atoms with E-state index in [2.05, 4.69) is 0 Å². The largest absolute Gasteiger partial charge is 0.624 e. The molecular weight excluding hydrogens is 193 g/mol. The van der Waals surface area contributed by atoms with Crippen LogP contribution in [0.2, 0.25) is 0 Å². The fraction of sp³-hybridized carbons (Fsp3) is 0.857. The average Bonchev–Trinajstić information content (AvgIpc) is 2.02. The van der Waals surface area contributed by atoms with Gasteiger partial charge in [-0.1, -0.05) is 0 Å². The molecule has 6 heteroatoms. The summed E-state index contributed by atoms with van der Waals surface area (Å²) in [6.45, 7) is 4.08. The van der Waals surface area contributed by atoms with E-state index in [4.69, 9.17) is 9.05 Å². The summed E-state index contributed by atoms with van der Waals surface area (Å²) in [6, 6.07) is 0. The van der Waals surface area contributed by atoms with Crippen molar-refractivity contribution in [3.05, 3.63) is 5.21 Å². The van der Waals surface area contributed by atoms with Crippen molar-refractivity contribution in [2.45, 2.75) is 13.8 Å². The molecule has 0 aliphatic rings. The molecular formula is C7H16NO4P. The highest BCUT2D eigenvalue weighted by Gasteiger charge is 2.23. The van der Waals surface area contributed by atoms with Crippen LogP contribution in [-0.4, -0.2) is 37.4 Å². The normalized spacial score (nSPS) is 13.3. The summed E-state index contributed by atoms with van der Waals surface area (Å²) in [5, 5.41) is 10.5. The van der Waals surface area contributed by atoms with E-state index < -0.39 is 7.60 Å². The molecule has 0 fully saturated rings. The van der Waals surface area contributed by atoms with E-state index >= 15 is 0 Å². The van der Waals surface area contributed by atoms with Gasteiger partial charge in [0.2, 0.25) is 0 Å². The maximum Gasteiger partial charge on any atom is 0.340 e. The Morgan fingerprint density at radius 1 is 1.38 bits per heavy atom. The topological polar surface area (TPSA) is 61.6 Å². The summed E-state index contributed by atoms with van der Waals surface area (Å²) in [5.41, 5.74) is 0. The molecule has 0 bridgehead atoms. The predicted molar refractivity (Wildman–Crippen MR) is 51.3 cm³/mol. The molecule has 0 heterocycles. The molecule has 0 saturated heterocycles. The van der Waals surface area contributed by atoms with Crippen molar-refractivity contribution < 1.29 is 18.4 Å². The minimum atomic E-state index is -3.07. The smallest absolute Gasteiger partial charge is 0.340 e. The van der Waals surface area contributed by atoms with Crippen LogP contribution < -0.4 is 0 Å². The first-order valence-corrected chi connectivity index (χ1v) is 5.88. The average molecular weight is 209 g/mol. The van der Waals surface area contributed by atoms with Crippen molar-refractivity contribution in [2.24, 2.45) is 0 Å². The molecule has 0 aliphatic carbocycles. The first kappa shape index (κ1) is 12.6. The Balaban J connectivity index is 4.24. The van der Waals surface area contributed by atoms with E-state index in [0.717, 1.165) is 0 Å². The Kier molecular flexibility index (Phi) is 5.95. The van der Waals surface area contributed by atoms with Gasteiger partial charge in [-0.25, -0.2) is 4.74 Å². The third-order valence-corrected chi connectivity index (χ3v) is 3.13. The van der Waals surface area contributed by atoms with Gasteiger partial charge in [0.05, 0.1) is 13.2 Å². The van der Waals surface area contributed by atoms with Gasteiger partial charge in [0.15, 0.2) is 6.21 Å². The highest BCUT2D eigenvalue weighted by atomic mass is 31.2. The van der Waals surface area contributed by atoms with Crippen LogP contribution >= 0.6 is 7.60 Å². The summed E-state index contributed by atoms with van der Waals surface area (Å²) in [6.07, 6.45) is 1.26. The van der Waals surface area contributed by atoms with Gasteiger partial charge in [0, 0.05) is 0 Å². The van der Waals surface area contributed by atoms with Crippen molar-refractivity contribution in [3.8, 4) is 0 Å². The summed E-state index contributed by atoms with van der Waals surface area (Å²) in [5.74, 6) is 0. The molecule has 0 unspecified atom stereocenters. The van der Waals surface area contributed by atoms with Crippen LogP contribution in [-0.2, 0) is 13.6 Å². The number of hydrogen-bond acceptors (Lipinski definition) is 4. The van der Waals surface area contributed by atoms with Gasteiger partial charge >= 0.3 is 7.60 Å². The lowest BCUT2D eigenvalue weighted by Crippen LogP contribution is -2.06. The standard InChI is InChI=1S/C7H16NO4P/c1-4-11-13(10,12-5-2)7-6-8(3)9/h6H,4-5,7H2,1-3H3/b8-6-. The Morgan fingerprint density at radius 2 is 1.85 bits per heavy atom. The number of rotatable bonds is 6. The van der Waals surface area contributed by atoms with Crippen molar-refractivity contribution >= 4 is 13.8 Å². The zero-order valence-corrected chi connectivity index (χ0v) is 9.12. The molecule has 0 N–H and O–H groups in total. The van der Waals surface area contributed by atoms with Gasteiger partial charge in [0.25, 0.3) is 0 Å². The zero-order valence-electron chi connectivity index (χ0n) is 8.23. The second kappa shape index (κ2) is 6.13. The van der Waals surface area contributed by atoms with E-state index in [-0.39, 0.29) is 6.16 Å². The van der Waals surface area contributed by atoms with Crippen LogP contribution in [0.5, 0.6) is 0 Å². The Hall–Kier alpha value is -0.380. The zero-order chi connectivity index (χ0) is 10.3. The summed E-state index contributed by atoms with van der Waals surface area (Å²) in [7, 11) is -1.75. The molecule has 0 aromatic heterocycles. The van der Waals surface area contributed by atoms with Crippen LogP contribution in [0.3, 0.4) is 0 Å². The first-order valence-electron chi connectivity index (χ1n) is 4.15. The monoisotopic (exact) mass is 209 g/mol. The predicted octanol–water partition coefficient (Wildman–Crippen LogP) is 1.46. The maximum absolute atomic E-state index is 11.7. The minimum absolute atomic E-state index is 0.0225. The second-order valence-electron chi connectivity index (χ2n) is 2.36. The molecule has 0 spiro atoms. The molecule has 0 aromatic rings. The van der Waals surface area contributed by atoms with E-state index in [9.17, 15) is 9.77 Å². The van der Waals surface area contributed by atoms with Crippen LogP contribution in [0.25, 0.3) is 0 Å². The second-order valence-corrected chi connectivity index (χ2v) is 4.46. The maximum atomic E-state index is 11.7. The Morgan fingerprint density at radius 3 is 2.15 bits per heavy atom. The fourth-order valence-corrected chi connectivity index (χ4v) is 2.25. The highest BCUT2D eigenvalue weighted by molar-refractivity contribution is 7.54. The molecule has 0 rings (SSSR count). The Bertz CT molecular complexity index is 203. The van der Waals surface area contributed by atoms with E-state index in [0.29, 0.717) is 18.0 Å². The lowest BCUT2D eigenvalue weighted by molar-refractivity contribution is -0.417. The van der Waals surface area contributed by atoms with Gasteiger partial charge in [-0.15, -0.1) is 0 Å². The highest BCUT2D eigenvalue weighted by Crippen LogP contribution is 2.46. The van der Waals surface area contributed by atoms with E-state index in [1.807, 2.05) is 0 Å². The van der Waals surface area contributed by atoms with Crippen molar-refractivity contribution in [1.29, 1.82) is 0 Å². The van der Waals surface area contributed by atoms with Crippen molar-refractivity contribution in [3.63, 3.8) is 0 Å². The Labute approximate surface area is 78.5 Å². The van der Waals surface area contributed by atoms with Crippen LogP contribution in [0.4, 0.5) is 0 Å². The number of hydroxylamine groups is 1. The lowest BCUT2D eigenvalue weighted by Gasteiger charge is -2.13. The molecule has 0 atom stereocenters. The van der Waals surface area contributed by atoms with Crippen LogP contribution in [0.1, 0.15) is 13.8 Å². The van der Waals surface area contributed by atoms with E-state index in [1.54, 1.807) is 13.8 Å². The van der Waals surface area contributed by atoms with Crippen LogP contribution in [0, 0.1) is 5.21 Å². The van der Waals surface area contributed by atoms with Gasteiger partial charge in [0.1, 0.15) is 13.2 Å². The van der Waals surface area contributed by atoms with Gasteiger partial charge in [-0.05, 0) is 13.8 Å². The summed E-state index contributed by atoms with van der Waals surface area (Å²) in [4.78, 5) is 0. The first-order chi connectivity index (χ1) is 6.04. The molecule has 13 heavy (non-hydrogen) atoms. The molecule has 0 saturated carbocycles. The van der Waals surface area contributed by atoms with Crippen LogP contribution in [0.15, 0.2) is 0 Å². The quantitative estimate of drug-likeness (QED) is 0.218. The van der Waals surface area contributed by atoms with Crippen molar-refractivity contribution in [1.82, 2.24) is 0 Å². The van der Waals surface area contributed by atoms with Gasteiger partial charge in [-0.2, -0.15) is 0 Å². The number of nitrogens with zero attached hydrogens (tertiary/aromatic N) is 1. The third kappa shape index (κ3) is 5.80. The summed E-state index contributed by atoms with van der Waals surface area (Å²) >= 11 is 0. The van der Waals surface area contributed by atoms with E-state index in [1.165, 1.54) is 13.3 Å². The minimum Gasteiger partial charge on any atom is -0.624 e. The molecule has 0 radical (unpaired) electrons. The summed E-state index contributed by atoms with van der Waals surface area (Å²) < 4.78 is 22.2. The SMILES string of the molecule is CCOP(=O)(C/C=[N+](/C)[O-])OCC. The third-order valence-electron chi connectivity index (χ3n) is 1.21. The molecule has 0 amide bonds. The number of hydrogen-bond donors (Lipinski definition) is 0. The molecule has 5 nitrogen and oxygen atoms in total. The van der Waals surface area contributed by atoms with Gasteiger partial charge in [-0.3, -0.25) is 4.57 Å². The van der Waals surface area contributed by atoms with Crippen molar-refractivity contribution in [2.75, 3.05) is 26.4 Å². The lowest BCUT2D eigenvalue weighted by atomic mass is 10.9. The fourth-order valence-electron chi connectivity index (χ4n) is 0.751. The molecule has 0 aliphatic heterocycles.